The predicted octanol–water partition coefficient (Wildman–Crippen LogP) is 2.74. The van der Waals surface area contributed by atoms with Crippen LogP contribution in [-0.2, 0) is 17.9 Å². The van der Waals surface area contributed by atoms with Crippen LogP contribution >= 0.6 is 0 Å². The summed E-state index contributed by atoms with van der Waals surface area (Å²) in [5.41, 5.74) is 4.75. The number of hydrogen-bond donors (Lipinski definition) is 1. The lowest BCUT2D eigenvalue weighted by atomic mass is 9.99. The summed E-state index contributed by atoms with van der Waals surface area (Å²) in [6, 6.07) is 10.8. The average molecular weight is 351 g/mol. The molecule has 0 radical (unpaired) electrons. The van der Waals surface area contributed by atoms with Crippen molar-refractivity contribution in [3.8, 4) is 11.3 Å². The van der Waals surface area contributed by atoms with Gasteiger partial charge in [-0.25, -0.2) is 4.68 Å². The van der Waals surface area contributed by atoms with E-state index in [1.165, 1.54) is 16.3 Å². The highest BCUT2D eigenvalue weighted by Gasteiger charge is 2.11. The van der Waals surface area contributed by atoms with E-state index in [0.717, 1.165) is 16.7 Å². The molecular formula is C20H21N3O3. The van der Waals surface area contributed by atoms with Gasteiger partial charge in [-0.3, -0.25) is 9.59 Å². The van der Waals surface area contributed by atoms with Gasteiger partial charge < -0.3 is 9.73 Å². The van der Waals surface area contributed by atoms with Crippen molar-refractivity contribution in [1.82, 2.24) is 15.1 Å². The zero-order valence-electron chi connectivity index (χ0n) is 15.1. The lowest BCUT2D eigenvalue weighted by molar-refractivity contribution is -0.122. The summed E-state index contributed by atoms with van der Waals surface area (Å²) in [6.45, 7) is 6.24. The second-order valence-electron chi connectivity index (χ2n) is 6.32. The Morgan fingerprint density at radius 2 is 1.88 bits per heavy atom. The molecule has 2 aromatic heterocycles. The van der Waals surface area contributed by atoms with E-state index in [2.05, 4.69) is 29.5 Å². The lowest BCUT2D eigenvalue weighted by Gasteiger charge is -2.11. The molecule has 0 spiro atoms. The summed E-state index contributed by atoms with van der Waals surface area (Å²) >= 11 is 0. The molecule has 1 amide bonds. The maximum absolute atomic E-state index is 12.1. The van der Waals surface area contributed by atoms with Gasteiger partial charge in [0.15, 0.2) is 0 Å². The summed E-state index contributed by atoms with van der Waals surface area (Å²) in [7, 11) is 0. The Balaban J connectivity index is 1.81. The number of nitrogens with one attached hydrogen (secondary N) is 1. The van der Waals surface area contributed by atoms with Crippen molar-refractivity contribution in [2.24, 2.45) is 0 Å². The molecule has 0 saturated carbocycles. The number of nitrogens with zero attached hydrogens (tertiary/aromatic N) is 2. The molecule has 0 unspecified atom stereocenters. The Morgan fingerprint density at radius 3 is 2.62 bits per heavy atom. The van der Waals surface area contributed by atoms with Gasteiger partial charge in [-0.1, -0.05) is 6.07 Å². The van der Waals surface area contributed by atoms with Crippen molar-refractivity contribution < 1.29 is 9.21 Å². The summed E-state index contributed by atoms with van der Waals surface area (Å²) < 4.78 is 6.35. The lowest BCUT2D eigenvalue weighted by Crippen LogP contribution is -2.33. The molecule has 1 N–H and O–H groups in total. The Kier molecular flexibility index (Phi) is 5.02. The van der Waals surface area contributed by atoms with Crippen LogP contribution in [0.5, 0.6) is 0 Å². The van der Waals surface area contributed by atoms with Crippen molar-refractivity contribution in [2.75, 3.05) is 0 Å². The highest BCUT2D eigenvalue weighted by Crippen LogP contribution is 2.24. The Bertz CT molecular complexity index is 988. The fraction of sp³-hybridized carbons (Fsp3) is 0.250. The molecule has 26 heavy (non-hydrogen) atoms. The molecule has 2 heterocycles. The van der Waals surface area contributed by atoms with Crippen molar-refractivity contribution in [2.45, 2.75) is 33.9 Å². The number of aryl methyl sites for hydroxylation is 3. The average Bonchev–Trinajstić information content (AvgIpc) is 3.12. The van der Waals surface area contributed by atoms with Crippen LogP contribution in [0.1, 0.15) is 22.5 Å². The minimum atomic E-state index is -0.316. The summed E-state index contributed by atoms with van der Waals surface area (Å²) in [5.74, 6) is 0.350. The minimum Gasteiger partial charge on any atom is -0.467 e. The molecule has 1 aromatic carbocycles. The SMILES string of the molecule is Cc1cc(C)c(-c2ccc(=O)n(CC(=O)NCc3ccco3)n2)cc1C. The van der Waals surface area contributed by atoms with Crippen LogP contribution in [-0.4, -0.2) is 15.7 Å². The molecule has 134 valence electrons. The third kappa shape index (κ3) is 3.91. The van der Waals surface area contributed by atoms with Crippen molar-refractivity contribution in [1.29, 1.82) is 0 Å². The van der Waals surface area contributed by atoms with E-state index < -0.39 is 0 Å². The maximum Gasteiger partial charge on any atom is 0.267 e. The van der Waals surface area contributed by atoms with Gasteiger partial charge in [-0.05, 0) is 61.7 Å². The minimum absolute atomic E-state index is 0.142. The molecule has 0 aliphatic heterocycles. The van der Waals surface area contributed by atoms with Gasteiger partial charge in [0.2, 0.25) is 5.91 Å². The standard InChI is InChI=1S/C20H21N3O3/c1-13-9-15(3)17(10-14(13)2)18-6-7-20(25)23(22-18)12-19(24)21-11-16-5-4-8-26-16/h4-10H,11-12H2,1-3H3,(H,21,24). The molecule has 6 nitrogen and oxygen atoms in total. The first-order valence-corrected chi connectivity index (χ1v) is 8.39. The number of hydrogen-bond acceptors (Lipinski definition) is 4. The van der Waals surface area contributed by atoms with Crippen molar-refractivity contribution >= 4 is 5.91 Å². The van der Waals surface area contributed by atoms with Gasteiger partial charge in [0.1, 0.15) is 12.3 Å². The van der Waals surface area contributed by atoms with Gasteiger partial charge in [0.25, 0.3) is 5.56 Å². The molecule has 0 aliphatic carbocycles. The number of amides is 1. The topological polar surface area (TPSA) is 77.1 Å². The van der Waals surface area contributed by atoms with Crippen molar-refractivity contribution in [3.05, 3.63) is 75.5 Å². The fourth-order valence-electron chi connectivity index (χ4n) is 2.73. The summed E-state index contributed by atoms with van der Waals surface area (Å²) in [4.78, 5) is 24.2. The van der Waals surface area contributed by atoms with Crippen LogP contribution in [0.25, 0.3) is 11.3 Å². The monoisotopic (exact) mass is 351 g/mol. The zero-order chi connectivity index (χ0) is 18.7. The van der Waals surface area contributed by atoms with Gasteiger partial charge in [0.05, 0.1) is 18.5 Å². The third-order valence-corrected chi connectivity index (χ3v) is 4.32. The highest BCUT2D eigenvalue weighted by molar-refractivity contribution is 5.75. The first-order chi connectivity index (χ1) is 12.4. The van der Waals surface area contributed by atoms with E-state index in [4.69, 9.17) is 4.42 Å². The summed E-state index contributed by atoms with van der Waals surface area (Å²) in [6.07, 6.45) is 1.54. The Morgan fingerprint density at radius 1 is 1.12 bits per heavy atom. The van der Waals surface area contributed by atoms with Gasteiger partial charge in [-0.15, -0.1) is 0 Å². The number of rotatable bonds is 5. The third-order valence-electron chi connectivity index (χ3n) is 4.32. The van der Waals surface area contributed by atoms with Gasteiger partial charge in [0, 0.05) is 11.6 Å². The van der Waals surface area contributed by atoms with E-state index in [-0.39, 0.29) is 24.6 Å². The second-order valence-corrected chi connectivity index (χ2v) is 6.32. The number of carbonyl (C=O) groups is 1. The molecule has 3 rings (SSSR count). The van der Waals surface area contributed by atoms with Gasteiger partial charge in [-0.2, -0.15) is 5.10 Å². The van der Waals surface area contributed by atoms with Crippen LogP contribution in [0.2, 0.25) is 0 Å². The highest BCUT2D eigenvalue weighted by atomic mass is 16.3. The van der Waals surface area contributed by atoms with Crippen molar-refractivity contribution in [3.63, 3.8) is 0 Å². The molecule has 0 fully saturated rings. The number of carbonyl (C=O) groups excluding carboxylic acids is 1. The molecule has 0 atom stereocenters. The van der Waals surface area contributed by atoms with Gasteiger partial charge >= 0.3 is 0 Å². The summed E-state index contributed by atoms with van der Waals surface area (Å²) in [5, 5.41) is 7.09. The van der Waals surface area contributed by atoms with E-state index >= 15 is 0 Å². The quantitative estimate of drug-likeness (QED) is 0.767. The largest absolute Gasteiger partial charge is 0.467 e. The molecular weight excluding hydrogens is 330 g/mol. The van der Waals surface area contributed by atoms with Crippen LogP contribution in [0.4, 0.5) is 0 Å². The molecule has 3 aromatic rings. The van der Waals surface area contributed by atoms with Crippen LogP contribution in [0.3, 0.4) is 0 Å². The molecule has 0 aliphatic rings. The number of furan rings is 1. The van der Waals surface area contributed by atoms with Crippen LogP contribution < -0.4 is 10.9 Å². The Hall–Kier alpha value is -3.15. The predicted molar refractivity (Wildman–Crippen MR) is 98.7 cm³/mol. The van der Waals surface area contributed by atoms with Crippen LogP contribution in [0.15, 0.2) is 51.9 Å². The fourth-order valence-corrected chi connectivity index (χ4v) is 2.73. The number of aromatic nitrogens is 2. The first kappa shape index (κ1) is 17.7. The first-order valence-electron chi connectivity index (χ1n) is 8.39. The smallest absolute Gasteiger partial charge is 0.267 e. The number of benzene rings is 1. The van der Waals surface area contributed by atoms with E-state index in [1.807, 2.05) is 13.8 Å². The molecule has 6 heteroatoms. The van der Waals surface area contributed by atoms with E-state index in [9.17, 15) is 9.59 Å². The van der Waals surface area contributed by atoms with E-state index in [0.29, 0.717) is 11.5 Å². The van der Waals surface area contributed by atoms with E-state index in [1.54, 1.807) is 24.5 Å². The van der Waals surface area contributed by atoms with Crippen LogP contribution in [0, 0.1) is 20.8 Å². The molecule has 0 saturated heterocycles. The molecule has 0 bridgehead atoms. The Labute approximate surface area is 151 Å². The zero-order valence-corrected chi connectivity index (χ0v) is 15.1. The normalized spacial score (nSPS) is 10.7. The maximum atomic E-state index is 12.1. The second kappa shape index (κ2) is 7.39.